The average molecular weight is 221 g/mol. The van der Waals surface area contributed by atoms with Crippen LogP contribution >= 0.6 is 0 Å². The first-order chi connectivity index (χ1) is 7.60. The molecule has 0 heterocycles. The molecule has 0 spiro atoms. The summed E-state index contributed by atoms with van der Waals surface area (Å²) in [5.74, 6) is -0.758. The SMILES string of the molecule is NC(CO)c1ccc(C2(C(=O)O)CC2)cc1. The highest BCUT2D eigenvalue weighted by molar-refractivity contribution is 5.84. The molecule has 1 atom stereocenters. The van der Waals surface area contributed by atoms with Gasteiger partial charge in [-0.15, -0.1) is 0 Å². The maximum Gasteiger partial charge on any atom is 0.314 e. The molecule has 4 nitrogen and oxygen atoms in total. The number of carboxylic acid groups (broad SMARTS) is 1. The second kappa shape index (κ2) is 3.88. The zero-order valence-corrected chi connectivity index (χ0v) is 8.89. The lowest BCUT2D eigenvalue weighted by Gasteiger charge is -2.13. The van der Waals surface area contributed by atoms with Crippen molar-refractivity contribution < 1.29 is 15.0 Å². The van der Waals surface area contributed by atoms with Gasteiger partial charge in [0.2, 0.25) is 0 Å². The molecule has 1 saturated carbocycles. The number of benzene rings is 1. The second-order valence-corrected chi connectivity index (χ2v) is 4.30. The third kappa shape index (κ3) is 1.70. The largest absolute Gasteiger partial charge is 0.481 e. The summed E-state index contributed by atoms with van der Waals surface area (Å²) in [7, 11) is 0. The zero-order valence-electron chi connectivity index (χ0n) is 8.89. The van der Waals surface area contributed by atoms with Crippen LogP contribution < -0.4 is 5.73 Å². The Morgan fingerprint density at radius 3 is 2.31 bits per heavy atom. The predicted octanol–water partition coefficient (Wildman–Crippen LogP) is 0.795. The van der Waals surface area contributed by atoms with Gasteiger partial charge in [0.05, 0.1) is 18.1 Å². The molecule has 0 bridgehead atoms. The van der Waals surface area contributed by atoms with Gasteiger partial charge < -0.3 is 15.9 Å². The van der Waals surface area contributed by atoms with Gasteiger partial charge in [0.15, 0.2) is 0 Å². The molecular weight excluding hydrogens is 206 g/mol. The summed E-state index contributed by atoms with van der Waals surface area (Å²) in [5, 5.41) is 18.0. The Balaban J connectivity index is 2.23. The molecule has 4 heteroatoms. The van der Waals surface area contributed by atoms with Crippen molar-refractivity contribution >= 4 is 5.97 Å². The lowest BCUT2D eigenvalue weighted by Crippen LogP contribution is -2.20. The molecule has 0 radical (unpaired) electrons. The number of nitrogens with two attached hydrogens (primary N) is 1. The maximum atomic E-state index is 11.1. The van der Waals surface area contributed by atoms with E-state index in [9.17, 15) is 4.79 Å². The molecule has 1 aliphatic rings. The number of carboxylic acids is 1. The van der Waals surface area contributed by atoms with Crippen LogP contribution in [0.5, 0.6) is 0 Å². The van der Waals surface area contributed by atoms with Gasteiger partial charge in [0.1, 0.15) is 0 Å². The Bertz CT molecular complexity index is 395. The molecule has 0 saturated heterocycles. The fourth-order valence-electron chi connectivity index (χ4n) is 1.91. The molecule has 0 amide bonds. The first-order valence-corrected chi connectivity index (χ1v) is 5.30. The van der Waals surface area contributed by atoms with Crippen molar-refractivity contribution in [2.24, 2.45) is 5.73 Å². The summed E-state index contributed by atoms with van der Waals surface area (Å²) in [6.07, 6.45) is 1.40. The van der Waals surface area contributed by atoms with Crippen molar-refractivity contribution in [3.8, 4) is 0 Å². The molecule has 1 fully saturated rings. The van der Waals surface area contributed by atoms with E-state index >= 15 is 0 Å². The van der Waals surface area contributed by atoms with Crippen LogP contribution in [-0.2, 0) is 10.2 Å². The number of aliphatic hydroxyl groups is 1. The Morgan fingerprint density at radius 1 is 1.38 bits per heavy atom. The van der Waals surface area contributed by atoms with E-state index in [-0.39, 0.29) is 6.61 Å². The van der Waals surface area contributed by atoms with E-state index in [2.05, 4.69) is 0 Å². The zero-order chi connectivity index (χ0) is 11.8. The summed E-state index contributed by atoms with van der Waals surface area (Å²) in [6, 6.07) is 6.78. The van der Waals surface area contributed by atoms with Crippen molar-refractivity contribution in [3.05, 3.63) is 35.4 Å². The molecule has 4 N–H and O–H groups in total. The quantitative estimate of drug-likeness (QED) is 0.702. The molecule has 1 unspecified atom stereocenters. The van der Waals surface area contributed by atoms with Crippen LogP contribution in [0.25, 0.3) is 0 Å². The minimum atomic E-state index is -0.758. The Morgan fingerprint density at radius 2 is 1.94 bits per heavy atom. The highest BCUT2D eigenvalue weighted by Gasteiger charge is 2.51. The van der Waals surface area contributed by atoms with E-state index < -0.39 is 17.4 Å². The molecule has 1 aromatic rings. The third-order valence-corrected chi connectivity index (χ3v) is 3.25. The summed E-state index contributed by atoms with van der Waals surface area (Å²) >= 11 is 0. The minimum Gasteiger partial charge on any atom is -0.481 e. The van der Waals surface area contributed by atoms with Crippen molar-refractivity contribution in [2.75, 3.05) is 6.61 Å². The number of aliphatic hydroxyl groups excluding tert-OH is 1. The van der Waals surface area contributed by atoms with Crippen molar-refractivity contribution in [3.63, 3.8) is 0 Å². The molecule has 0 aromatic heterocycles. The standard InChI is InChI=1S/C12H15NO3/c13-10(7-14)8-1-3-9(4-2-8)12(5-6-12)11(15)16/h1-4,10,14H,5-7,13H2,(H,15,16). The Kier molecular flexibility index (Phi) is 2.69. The van der Waals surface area contributed by atoms with E-state index in [0.29, 0.717) is 12.8 Å². The lowest BCUT2D eigenvalue weighted by molar-refractivity contribution is -0.140. The van der Waals surface area contributed by atoms with Crippen molar-refractivity contribution in [1.29, 1.82) is 0 Å². The smallest absolute Gasteiger partial charge is 0.314 e. The fraction of sp³-hybridized carbons (Fsp3) is 0.417. The van der Waals surface area contributed by atoms with Gasteiger partial charge in [0.25, 0.3) is 0 Å². The lowest BCUT2D eigenvalue weighted by atomic mass is 9.94. The van der Waals surface area contributed by atoms with Crippen molar-refractivity contribution in [1.82, 2.24) is 0 Å². The van der Waals surface area contributed by atoms with Gasteiger partial charge in [-0.2, -0.15) is 0 Å². The second-order valence-electron chi connectivity index (χ2n) is 4.30. The number of hydrogen-bond donors (Lipinski definition) is 3. The molecular formula is C12H15NO3. The van der Waals surface area contributed by atoms with Gasteiger partial charge >= 0.3 is 5.97 Å². The molecule has 0 aliphatic heterocycles. The number of hydrogen-bond acceptors (Lipinski definition) is 3. The van der Waals surface area contributed by atoms with Gasteiger partial charge in [-0.05, 0) is 24.0 Å². The molecule has 1 aliphatic carbocycles. The van der Waals surface area contributed by atoms with Gasteiger partial charge in [0, 0.05) is 0 Å². The van der Waals surface area contributed by atoms with Crippen LogP contribution in [-0.4, -0.2) is 22.8 Å². The van der Waals surface area contributed by atoms with E-state index in [4.69, 9.17) is 15.9 Å². The summed E-state index contributed by atoms with van der Waals surface area (Å²) in [4.78, 5) is 11.1. The van der Waals surface area contributed by atoms with Crippen LogP contribution in [0.2, 0.25) is 0 Å². The number of aliphatic carboxylic acids is 1. The van der Waals surface area contributed by atoms with E-state index in [1.54, 1.807) is 24.3 Å². The topological polar surface area (TPSA) is 83.5 Å². The van der Waals surface area contributed by atoms with Gasteiger partial charge in [-0.25, -0.2) is 0 Å². The van der Waals surface area contributed by atoms with E-state index in [1.165, 1.54) is 0 Å². The molecule has 86 valence electrons. The van der Waals surface area contributed by atoms with Crippen molar-refractivity contribution in [2.45, 2.75) is 24.3 Å². The van der Waals surface area contributed by atoms with E-state index in [1.807, 2.05) is 0 Å². The first-order valence-electron chi connectivity index (χ1n) is 5.30. The molecule has 16 heavy (non-hydrogen) atoms. The number of rotatable bonds is 4. The average Bonchev–Trinajstić information content (AvgIpc) is 3.09. The van der Waals surface area contributed by atoms with Gasteiger partial charge in [-0.3, -0.25) is 4.79 Å². The number of carbonyl (C=O) groups is 1. The van der Waals surface area contributed by atoms with Crippen LogP contribution in [0.1, 0.15) is 30.0 Å². The highest BCUT2D eigenvalue weighted by Crippen LogP contribution is 2.48. The monoisotopic (exact) mass is 221 g/mol. The summed E-state index contributed by atoms with van der Waals surface area (Å²) in [6.45, 7) is -0.108. The molecule has 1 aromatic carbocycles. The Labute approximate surface area is 93.7 Å². The van der Waals surface area contributed by atoms with Gasteiger partial charge in [-0.1, -0.05) is 24.3 Å². The summed E-state index contributed by atoms with van der Waals surface area (Å²) < 4.78 is 0. The summed E-state index contributed by atoms with van der Waals surface area (Å²) in [5.41, 5.74) is 6.65. The Hall–Kier alpha value is -1.39. The predicted molar refractivity (Wildman–Crippen MR) is 59.0 cm³/mol. The van der Waals surface area contributed by atoms with Crippen LogP contribution in [0.4, 0.5) is 0 Å². The third-order valence-electron chi connectivity index (χ3n) is 3.25. The molecule has 2 rings (SSSR count). The fourth-order valence-corrected chi connectivity index (χ4v) is 1.91. The minimum absolute atomic E-state index is 0.108. The highest BCUT2D eigenvalue weighted by atomic mass is 16.4. The normalized spacial score (nSPS) is 19.1. The van der Waals surface area contributed by atoms with E-state index in [0.717, 1.165) is 11.1 Å². The maximum absolute atomic E-state index is 11.1. The van der Waals surface area contributed by atoms with Crippen LogP contribution in [0, 0.1) is 0 Å². The first kappa shape index (κ1) is 11.1. The van der Waals surface area contributed by atoms with Crippen LogP contribution in [0.3, 0.4) is 0 Å². The van der Waals surface area contributed by atoms with Crippen LogP contribution in [0.15, 0.2) is 24.3 Å².